The van der Waals surface area contributed by atoms with Crippen LogP contribution in [0.2, 0.25) is 0 Å². The molecule has 0 unspecified atom stereocenters. The molecule has 1 amide bonds. The second-order valence-corrected chi connectivity index (χ2v) is 14.2. The number of ether oxygens (including phenoxy) is 4. The van der Waals surface area contributed by atoms with Gasteiger partial charge in [-0.2, -0.15) is 10.1 Å². The van der Waals surface area contributed by atoms with Gasteiger partial charge in [0.2, 0.25) is 5.91 Å². The lowest BCUT2D eigenvalue weighted by molar-refractivity contribution is -0.133. The monoisotopic (exact) mass is 766 g/mol. The number of fused-ring (bicyclic) bond motifs is 8. The number of hydrogen-bond donors (Lipinski definition) is 0. The van der Waals surface area contributed by atoms with E-state index in [1.807, 2.05) is 23.3 Å². The van der Waals surface area contributed by atoms with Gasteiger partial charge in [0, 0.05) is 57.1 Å². The molecule has 56 heavy (non-hydrogen) atoms. The van der Waals surface area contributed by atoms with E-state index in [0.29, 0.717) is 95.0 Å². The summed E-state index contributed by atoms with van der Waals surface area (Å²) < 4.78 is 57.9. The zero-order valence-corrected chi connectivity index (χ0v) is 31.2. The summed E-state index contributed by atoms with van der Waals surface area (Å²) >= 11 is 0. The second-order valence-electron chi connectivity index (χ2n) is 14.2. The van der Waals surface area contributed by atoms with Crippen molar-refractivity contribution in [2.24, 2.45) is 0 Å². The zero-order chi connectivity index (χ0) is 38.5. The summed E-state index contributed by atoms with van der Waals surface area (Å²) in [6.07, 6.45) is 3.94. The topological polar surface area (TPSA) is 148 Å². The van der Waals surface area contributed by atoms with Gasteiger partial charge in [0.15, 0.2) is 11.5 Å². The number of anilines is 1. The van der Waals surface area contributed by atoms with Crippen molar-refractivity contribution in [2.75, 3.05) is 44.9 Å². The van der Waals surface area contributed by atoms with Crippen molar-refractivity contribution in [3.8, 4) is 28.7 Å². The Morgan fingerprint density at radius 2 is 1.86 bits per heavy atom. The van der Waals surface area contributed by atoms with Gasteiger partial charge in [0.05, 0.1) is 54.1 Å². The average Bonchev–Trinajstić information content (AvgIpc) is 3.88. The largest absolute Gasteiger partial charge is 0.491 e. The highest BCUT2D eigenvalue weighted by molar-refractivity contribution is 5.93. The first-order valence-corrected chi connectivity index (χ1v) is 18.8. The first kappa shape index (κ1) is 35.9. The van der Waals surface area contributed by atoms with E-state index in [1.165, 1.54) is 24.3 Å². The van der Waals surface area contributed by atoms with Crippen molar-refractivity contribution >= 4 is 33.8 Å². The molecule has 0 saturated carbocycles. The Morgan fingerprint density at radius 3 is 2.73 bits per heavy atom. The summed E-state index contributed by atoms with van der Waals surface area (Å²) in [6, 6.07) is 8.21. The summed E-state index contributed by atoms with van der Waals surface area (Å²) in [5.74, 6) is 0.806. The molecule has 3 aliphatic heterocycles. The lowest BCUT2D eigenvalue weighted by Crippen LogP contribution is -2.47. The molecule has 1 fully saturated rings. The molecule has 0 aliphatic carbocycles. The lowest BCUT2D eigenvalue weighted by Gasteiger charge is -2.31. The van der Waals surface area contributed by atoms with Crippen LogP contribution in [0.25, 0.3) is 39.0 Å². The van der Waals surface area contributed by atoms with Crippen LogP contribution in [-0.4, -0.2) is 108 Å². The Balaban J connectivity index is 1.16. The molecule has 3 atom stereocenters. The van der Waals surface area contributed by atoms with Crippen molar-refractivity contribution in [3.63, 3.8) is 0 Å². The molecule has 7 heterocycles. The van der Waals surface area contributed by atoms with Gasteiger partial charge < -0.3 is 33.3 Å². The van der Waals surface area contributed by atoms with Crippen LogP contribution in [0.1, 0.15) is 37.8 Å². The maximum absolute atomic E-state index is 15.1. The molecular formula is C39H40F2N10O5. The third-order valence-electron chi connectivity index (χ3n) is 10.4. The molecule has 6 aromatic rings. The number of carbonyl (C=O) groups excluding carboxylic acids is 1. The fourth-order valence-electron chi connectivity index (χ4n) is 7.90. The molecule has 4 aromatic heterocycles. The Hall–Kier alpha value is -5.81. The summed E-state index contributed by atoms with van der Waals surface area (Å²) in [4.78, 5) is 42.0. The smallest absolute Gasteiger partial charge is 0.317 e. The first-order chi connectivity index (χ1) is 27.2. The molecule has 15 nitrogen and oxygen atoms in total. The average molecular weight is 767 g/mol. The third kappa shape index (κ3) is 6.63. The van der Waals surface area contributed by atoms with E-state index in [1.54, 1.807) is 41.2 Å². The van der Waals surface area contributed by atoms with E-state index in [9.17, 15) is 9.18 Å². The van der Waals surface area contributed by atoms with E-state index in [2.05, 4.69) is 9.97 Å². The molecule has 17 heteroatoms. The second kappa shape index (κ2) is 14.7. The van der Waals surface area contributed by atoms with Gasteiger partial charge in [0.1, 0.15) is 53.5 Å². The number of imidazole rings is 1. The highest BCUT2D eigenvalue weighted by Gasteiger charge is 2.42. The quantitative estimate of drug-likeness (QED) is 0.244. The number of nitrogens with zero attached hydrogens (tertiary/aromatic N) is 10. The Morgan fingerprint density at radius 1 is 0.982 bits per heavy atom. The number of carbonyl (C=O) groups is 1. The minimum absolute atomic E-state index is 0.0836. The van der Waals surface area contributed by atoms with Gasteiger partial charge in [0.25, 0.3) is 0 Å². The van der Waals surface area contributed by atoms with Crippen LogP contribution in [0.5, 0.6) is 11.8 Å². The Bertz CT molecular complexity index is 2460. The van der Waals surface area contributed by atoms with Crippen molar-refractivity contribution in [1.29, 1.82) is 0 Å². The molecule has 2 aromatic carbocycles. The minimum Gasteiger partial charge on any atom is -0.491 e. The van der Waals surface area contributed by atoms with E-state index in [-0.39, 0.29) is 38.0 Å². The number of halogens is 2. The third-order valence-corrected chi connectivity index (χ3v) is 10.4. The number of likely N-dealkylation sites (N-methyl/N-ethyl adjacent to an activating group) is 1. The van der Waals surface area contributed by atoms with E-state index >= 15 is 4.39 Å². The predicted molar refractivity (Wildman–Crippen MR) is 200 cm³/mol. The van der Waals surface area contributed by atoms with E-state index in [0.717, 1.165) is 6.42 Å². The molecule has 0 radical (unpaired) electrons. The molecular weight excluding hydrogens is 726 g/mol. The van der Waals surface area contributed by atoms with Crippen LogP contribution in [0.4, 0.5) is 14.6 Å². The molecule has 290 valence electrons. The summed E-state index contributed by atoms with van der Waals surface area (Å²) in [6.45, 7) is 5.98. The fourth-order valence-corrected chi connectivity index (χ4v) is 7.90. The number of benzene rings is 2. The molecule has 9 rings (SSSR count). The van der Waals surface area contributed by atoms with Crippen LogP contribution in [0, 0.1) is 18.6 Å². The molecule has 0 N–H and O–H groups in total. The maximum Gasteiger partial charge on any atom is 0.317 e. The summed E-state index contributed by atoms with van der Waals surface area (Å²) in [5, 5.41) is 5.26. The first-order valence-electron chi connectivity index (χ1n) is 18.8. The molecule has 6 bridgehead atoms. The van der Waals surface area contributed by atoms with Crippen LogP contribution in [0.3, 0.4) is 0 Å². The van der Waals surface area contributed by atoms with Crippen molar-refractivity contribution < 1.29 is 32.5 Å². The molecule has 1 saturated heterocycles. The summed E-state index contributed by atoms with van der Waals surface area (Å²) in [7, 11) is 1.76. The Labute approximate surface area is 320 Å². The standard InChI is InChI=1S/C39H40F2N10O5/c1-4-54-26-18-48(3)38(52)32-16-25(56-39-42-10-9-29(45-39)27-13-24(41)14-30-35(27)49(20-26)22(2)44-30)19-50(32)36-28-17-43-51-31-8-7-23(40)15-33(31)55-12-6-5-11-53-21-34(46-36)47-37(28)51/h7-10,13-15,17,25-26,32H,4-6,11-12,16,18-21H2,1-3H3/t25-,26-,32-/m0/s1. The van der Waals surface area contributed by atoms with Crippen LogP contribution < -0.4 is 14.4 Å². The van der Waals surface area contributed by atoms with Gasteiger partial charge in [-0.15, -0.1) is 0 Å². The van der Waals surface area contributed by atoms with Crippen LogP contribution in [-0.2, 0) is 27.4 Å². The predicted octanol–water partition coefficient (Wildman–Crippen LogP) is 4.80. The summed E-state index contributed by atoms with van der Waals surface area (Å²) in [5.41, 5.74) is 3.13. The van der Waals surface area contributed by atoms with Gasteiger partial charge in [-0.3, -0.25) is 4.79 Å². The number of aryl methyl sites for hydroxylation is 1. The number of hydrogen-bond acceptors (Lipinski definition) is 12. The number of rotatable bonds is 3. The molecule has 3 aliphatic rings. The van der Waals surface area contributed by atoms with Gasteiger partial charge >= 0.3 is 6.01 Å². The van der Waals surface area contributed by atoms with Crippen molar-refractivity contribution in [1.82, 2.24) is 44.2 Å². The number of amides is 1. The fraction of sp³-hybridized carbons (Fsp3) is 0.410. The van der Waals surface area contributed by atoms with Gasteiger partial charge in [-0.25, -0.2) is 33.4 Å². The highest BCUT2D eigenvalue weighted by atomic mass is 19.1. The maximum atomic E-state index is 15.1. The van der Waals surface area contributed by atoms with Gasteiger partial charge in [-0.05, 0) is 51.0 Å². The van der Waals surface area contributed by atoms with Crippen molar-refractivity contribution in [3.05, 3.63) is 72.1 Å². The van der Waals surface area contributed by atoms with Crippen molar-refractivity contribution in [2.45, 2.75) is 64.5 Å². The number of aromatic nitrogens is 8. The highest BCUT2D eigenvalue weighted by Crippen LogP contribution is 2.36. The van der Waals surface area contributed by atoms with E-state index < -0.39 is 29.9 Å². The van der Waals surface area contributed by atoms with E-state index in [4.69, 9.17) is 39.0 Å². The van der Waals surface area contributed by atoms with Gasteiger partial charge in [-0.1, -0.05) is 0 Å². The SMILES string of the molecule is CCO[C@H]1CN(C)C(=O)[C@@H]2C[C@@H](CN2c2nc3nc4c2cnn4-c2ccc(F)cc2OCCCCOC3)Oc2nccc(n2)-c2cc(F)cc3nc(C)n(c23)C1. The lowest BCUT2D eigenvalue weighted by atomic mass is 10.1. The Kier molecular flexibility index (Phi) is 9.41. The van der Waals surface area contributed by atoms with Crippen LogP contribution >= 0.6 is 0 Å². The zero-order valence-electron chi connectivity index (χ0n) is 31.2. The van der Waals surface area contributed by atoms with Crippen LogP contribution in [0.15, 0.2) is 48.8 Å². The minimum atomic E-state index is -0.726. The normalized spacial score (nSPS) is 20.4. The molecule has 0 spiro atoms.